The van der Waals surface area contributed by atoms with Crippen LogP contribution < -0.4 is 20.7 Å². The van der Waals surface area contributed by atoms with Crippen molar-refractivity contribution >= 4 is 56.0 Å². The molecule has 0 saturated carbocycles. The van der Waals surface area contributed by atoms with Crippen LogP contribution in [0.3, 0.4) is 0 Å². The molecule has 11 heteroatoms. The SMILES string of the molecule is COc1c(C(C)(C)C)cc(-n2ccc(=O)[nH]c2=O)c(F)c1-c1ccc2cc(NS(C)(=O)=O)ccc2c1.[Na]. The fourth-order valence-electron chi connectivity index (χ4n) is 4.12. The fourth-order valence-corrected chi connectivity index (χ4v) is 4.67. The third-order valence-electron chi connectivity index (χ3n) is 5.72. The van der Waals surface area contributed by atoms with E-state index in [1.54, 1.807) is 42.5 Å². The summed E-state index contributed by atoms with van der Waals surface area (Å²) in [5.74, 6) is -0.361. The number of fused-ring (bicyclic) bond motifs is 1. The Balaban J connectivity index is 0.00000380. The van der Waals surface area contributed by atoms with Gasteiger partial charge in [-0.05, 0) is 46.0 Å². The molecule has 8 nitrogen and oxygen atoms in total. The molecule has 1 radical (unpaired) electrons. The largest absolute Gasteiger partial charge is 0.496 e. The van der Waals surface area contributed by atoms with Gasteiger partial charge in [0.2, 0.25) is 10.0 Å². The summed E-state index contributed by atoms with van der Waals surface area (Å²) in [5.41, 5.74) is -0.0912. The molecule has 4 rings (SSSR count). The molecule has 0 bridgehead atoms. The van der Waals surface area contributed by atoms with Crippen LogP contribution in [0.2, 0.25) is 0 Å². The van der Waals surface area contributed by atoms with Crippen molar-refractivity contribution in [3.8, 4) is 22.6 Å². The molecule has 4 aromatic rings. The molecule has 0 fully saturated rings. The first kappa shape index (κ1) is 28.6. The quantitative estimate of drug-likeness (QED) is 0.379. The molecule has 189 valence electrons. The molecule has 0 aliphatic carbocycles. The average molecular weight is 535 g/mol. The number of nitrogens with zero attached hydrogens (tertiary/aromatic N) is 1. The Kier molecular flexibility index (Phi) is 8.09. The Morgan fingerprint density at radius 2 is 1.65 bits per heavy atom. The van der Waals surface area contributed by atoms with Crippen LogP contribution in [0.1, 0.15) is 26.3 Å². The van der Waals surface area contributed by atoms with Gasteiger partial charge in [-0.2, -0.15) is 0 Å². The normalized spacial score (nSPS) is 11.7. The number of sulfonamides is 1. The number of aromatic amines is 1. The van der Waals surface area contributed by atoms with Gasteiger partial charge in [0.1, 0.15) is 5.75 Å². The second-order valence-electron chi connectivity index (χ2n) is 9.55. The zero-order valence-electron chi connectivity index (χ0n) is 21.5. The zero-order chi connectivity index (χ0) is 26.4. The minimum absolute atomic E-state index is 0. The number of ether oxygens (including phenoxy) is 1. The van der Waals surface area contributed by atoms with Crippen LogP contribution in [0.5, 0.6) is 5.75 Å². The van der Waals surface area contributed by atoms with Crippen LogP contribution in [0.4, 0.5) is 10.1 Å². The van der Waals surface area contributed by atoms with Gasteiger partial charge in [-0.3, -0.25) is 19.1 Å². The maximum Gasteiger partial charge on any atom is 0.333 e. The van der Waals surface area contributed by atoms with Crippen molar-refractivity contribution in [1.82, 2.24) is 9.55 Å². The van der Waals surface area contributed by atoms with Gasteiger partial charge in [0.05, 0.1) is 24.6 Å². The van der Waals surface area contributed by atoms with Crippen LogP contribution in [-0.2, 0) is 15.4 Å². The number of rotatable bonds is 5. The first-order valence-electron chi connectivity index (χ1n) is 11.0. The van der Waals surface area contributed by atoms with E-state index in [1.807, 2.05) is 20.8 Å². The van der Waals surface area contributed by atoms with Crippen molar-refractivity contribution in [3.05, 3.63) is 86.9 Å². The van der Waals surface area contributed by atoms with Crippen LogP contribution in [0.25, 0.3) is 27.6 Å². The van der Waals surface area contributed by atoms with E-state index in [1.165, 1.54) is 13.3 Å². The van der Waals surface area contributed by atoms with Crippen LogP contribution in [-0.4, -0.2) is 60.9 Å². The summed E-state index contributed by atoms with van der Waals surface area (Å²) >= 11 is 0. The molecule has 0 atom stereocenters. The Morgan fingerprint density at radius 1 is 1.00 bits per heavy atom. The molecular formula is C26H26FN3NaO5S. The number of halogens is 1. The fraction of sp³-hybridized carbons (Fsp3) is 0.231. The van der Waals surface area contributed by atoms with Crippen molar-refractivity contribution in [1.29, 1.82) is 0 Å². The Bertz CT molecular complexity index is 1720. The van der Waals surface area contributed by atoms with Crippen LogP contribution in [0, 0.1) is 5.82 Å². The van der Waals surface area contributed by atoms with Crippen molar-refractivity contribution in [2.75, 3.05) is 18.1 Å². The number of benzene rings is 3. The Hall–Kier alpha value is -2.92. The van der Waals surface area contributed by atoms with E-state index in [-0.39, 0.29) is 40.8 Å². The summed E-state index contributed by atoms with van der Waals surface area (Å²) in [6.07, 6.45) is 2.31. The number of H-pyrrole nitrogens is 1. The Labute approximate surface area is 235 Å². The van der Waals surface area contributed by atoms with E-state index in [0.29, 0.717) is 22.6 Å². The van der Waals surface area contributed by atoms with Crippen LogP contribution in [0.15, 0.2) is 64.3 Å². The molecule has 37 heavy (non-hydrogen) atoms. The predicted molar refractivity (Wildman–Crippen MR) is 145 cm³/mol. The second-order valence-corrected chi connectivity index (χ2v) is 11.3. The summed E-state index contributed by atoms with van der Waals surface area (Å²) in [5, 5.41) is 1.49. The molecule has 0 aliphatic rings. The number of hydrogen-bond donors (Lipinski definition) is 2. The maximum atomic E-state index is 16.2. The number of nitrogens with one attached hydrogen (secondary N) is 2. The molecular weight excluding hydrogens is 508 g/mol. The molecule has 3 aromatic carbocycles. The van der Waals surface area contributed by atoms with Crippen molar-refractivity contribution < 1.29 is 17.5 Å². The number of aromatic nitrogens is 2. The van der Waals surface area contributed by atoms with Gasteiger partial charge in [-0.15, -0.1) is 0 Å². The summed E-state index contributed by atoms with van der Waals surface area (Å²) in [6.45, 7) is 5.84. The van der Waals surface area contributed by atoms with Crippen LogP contribution >= 0.6 is 0 Å². The molecule has 0 unspecified atom stereocenters. The number of anilines is 1. The van der Waals surface area contributed by atoms with E-state index in [9.17, 15) is 18.0 Å². The smallest absolute Gasteiger partial charge is 0.333 e. The molecule has 2 N–H and O–H groups in total. The number of hydrogen-bond acceptors (Lipinski definition) is 5. The molecule has 0 amide bonds. The molecule has 1 aromatic heterocycles. The summed E-state index contributed by atoms with van der Waals surface area (Å²) in [4.78, 5) is 26.3. The summed E-state index contributed by atoms with van der Waals surface area (Å²) in [6, 6.07) is 13.0. The minimum atomic E-state index is -3.43. The van der Waals surface area contributed by atoms with Gasteiger partial charge in [0.25, 0.3) is 5.56 Å². The Morgan fingerprint density at radius 3 is 2.24 bits per heavy atom. The summed E-state index contributed by atoms with van der Waals surface area (Å²) in [7, 11) is -1.97. The van der Waals surface area contributed by atoms with Gasteiger partial charge in [-0.1, -0.05) is 39.0 Å². The first-order valence-corrected chi connectivity index (χ1v) is 12.9. The minimum Gasteiger partial charge on any atom is -0.496 e. The first-order chi connectivity index (χ1) is 16.8. The zero-order valence-corrected chi connectivity index (χ0v) is 24.3. The standard InChI is InChI=1S/C26H26FN3O5S.Na/c1-26(2,3)19-14-20(30-11-10-21(31)28-25(30)32)23(27)22(24(19)35-4)17-7-6-16-13-18(29-36(5,33)34)9-8-15(16)12-17;/h6-14,29H,1-5H3,(H,28,31,32);. The van der Waals surface area contributed by atoms with E-state index in [2.05, 4.69) is 9.71 Å². The number of methoxy groups -OCH3 is 1. The predicted octanol–water partition coefficient (Wildman–Crippen LogP) is 3.78. The van der Waals surface area contributed by atoms with Gasteiger partial charge in [-0.25, -0.2) is 17.6 Å². The third-order valence-corrected chi connectivity index (χ3v) is 6.33. The van der Waals surface area contributed by atoms with Gasteiger partial charge in [0, 0.05) is 53.1 Å². The molecule has 0 spiro atoms. The second kappa shape index (κ2) is 10.4. The third kappa shape index (κ3) is 5.98. The molecule has 0 saturated heterocycles. The van der Waals surface area contributed by atoms with Crippen molar-refractivity contribution in [3.63, 3.8) is 0 Å². The van der Waals surface area contributed by atoms with E-state index < -0.39 is 32.5 Å². The van der Waals surface area contributed by atoms with E-state index in [0.717, 1.165) is 27.7 Å². The van der Waals surface area contributed by atoms with Crippen molar-refractivity contribution in [2.24, 2.45) is 0 Å². The van der Waals surface area contributed by atoms with E-state index in [4.69, 9.17) is 4.74 Å². The van der Waals surface area contributed by atoms with E-state index >= 15 is 4.39 Å². The van der Waals surface area contributed by atoms with Gasteiger partial charge < -0.3 is 4.74 Å². The topological polar surface area (TPSA) is 110 Å². The average Bonchev–Trinajstić information content (AvgIpc) is 2.77. The van der Waals surface area contributed by atoms with Crippen molar-refractivity contribution in [2.45, 2.75) is 26.2 Å². The molecule has 1 heterocycles. The van der Waals surface area contributed by atoms with Gasteiger partial charge >= 0.3 is 5.69 Å². The summed E-state index contributed by atoms with van der Waals surface area (Å²) < 4.78 is 48.5. The monoisotopic (exact) mass is 534 g/mol. The maximum absolute atomic E-state index is 16.2. The molecule has 0 aliphatic heterocycles. The van der Waals surface area contributed by atoms with Gasteiger partial charge in [0.15, 0.2) is 5.82 Å².